The van der Waals surface area contributed by atoms with Gasteiger partial charge in [0.2, 0.25) is 0 Å². The van der Waals surface area contributed by atoms with E-state index in [1.54, 1.807) is 17.7 Å². The molecule has 2 aromatic rings. The molecule has 1 aromatic heterocycles. The van der Waals surface area contributed by atoms with Crippen molar-refractivity contribution in [3.63, 3.8) is 0 Å². The van der Waals surface area contributed by atoms with Crippen LogP contribution in [-0.4, -0.2) is 25.3 Å². The molecular weight excluding hydrogens is 369 g/mol. The maximum absolute atomic E-state index is 9.29. The molecule has 0 radical (unpaired) electrons. The fourth-order valence-electron chi connectivity index (χ4n) is 1.53. The first kappa shape index (κ1) is 14.0. The standard InChI is InChI=1S/C14H12IN3S/c1-18(2)9-17-14-11(8-16)12(15)13(19-14)10-6-4-3-5-7-10/h3-7,9H,1-2H3. The molecule has 0 spiro atoms. The number of aliphatic imine (C=N–C) groups is 1. The summed E-state index contributed by atoms with van der Waals surface area (Å²) >= 11 is 3.77. The van der Waals surface area contributed by atoms with E-state index in [9.17, 15) is 5.26 Å². The maximum Gasteiger partial charge on any atom is 0.137 e. The second-order valence-electron chi connectivity index (χ2n) is 4.11. The van der Waals surface area contributed by atoms with Gasteiger partial charge >= 0.3 is 0 Å². The second kappa shape index (κ2) is 6.17. The number of hydrogen-bond acceptors (Lipinski definition) is 3. The van der Waals surface area contributed by atoms with E-state index in [2.05, 4.69) is 45.8 Å². The molecule has 0 saturated carbocycles. The lowest BCUT2D eigenvalue weighted by atomic mass is 10.2. The molecule has 0 aliphatic carbocycles. The molecule has 0 atom stereocenters. The maximum atomic E-state index is 9.29. The van der Waals surface area contributed by atoms with Crippen molar-refractivity contribution >= 4 is 45.3 Å². The van der Waals surface area contributed by atoms with Crippen molar-refractivity contribution in [3.8, 4) is 16.5 Å². The summed E-state index contributed by atoms with van der Waals surface area (Å²) in [6.45, 7) is 0. The third-order valence-corrected chi connectivity index (χ3v) is 4.98. The normalized spacial score (nSPS) is 10.6. The summed E-state index contributed by atoms with van der Waals surface area (Å²) in [6, 6.07) is 12.3. The van der Waals surface area contributed by atoms with Crippen molar-refractivity contribution in [3.05, 3.63) is 39.5 Å². The van der Waals surface area contributed by atoms with E-state index < -0.39 is 0 Å². The summed E-state index contributed by atoms with van der Waals surface area (Å²) in [5.74, 6) is 0. The zero-order valence-corrected chi connectivity index (χ0v) is 13.6. The van der Waals surface area contributed by atoms with E-state index in [0.29, 0.717) is 5.56 Å². The molecule has 0 aliphatic heterocycles. The Hall–Kier alpha value is -1.39. The van der Waals surface area contributed by atoms with Crippen LogP contribution in [0.5, 0.6) is 0 Å². The minimum atomic E-state index is 0.655. The molecule has 1 aromatic carbocycles. The molecule has 0 unspecified atom stereocenters. The fraction of sp³-hybridized carbons (Fsp3) is 0.143. The number of nitriles is 1. The first-order valence-corrected chi connectivity index (χ1v) is 7.51. The monoisotopic (exact) mass is 381 g/mol. The zero-order valence-electron chi connectivity index (χ0n) is 10.6. The van der Waals surface area contributed by atoms with Crippen molar-refractivity contribution in [1.29, 1.82) is 5.26 Å². The van der Waals surface area contributed by atoms with E-state index in [1.807, 2.05) is 37.2 Å². The van der Waals surface area contributed by atoms with Crippen LogP contribution in [0.2, 0.25) is 0 Å². The molecule has 0 bridgehead atoms. The molecule has 0 fully saturated rings. The van der Waals surface area contributed by atoms with Gasteiger partial charge in [0.15, 0.2) is 0 Å². The molecule has 5 heteroatoms. The molecule has 0 aliphatic rings. The fourth-order valence-corrected chi connectivity index (χ4v) is 3.72. The molecular formula is C14H12IN3S. The summed E-state index contributed by atoms with van der Waals surface area (Å²) in [7, 11) is 3.82. The van der Waals surface area contributed by atoms with Gasteiger partial charge < -0.3 is 4.90 Å². The molecule has 1 heterocycles. The molecule has 2 rings (SSSR count). The van der Waals surface area contributed by atoms with Crippen LogP contribution in [0.15, 0.2) is 35.3 Å². The number of nitrogens with zero attached hydrogens (tertiary/aromatic N) is 3. The van der Waals surface area contributed by atoms with Crippen molar-refractivity contribution in [2.75, 3.05) is 14.1 Å². The van der Waals surface area contributed by atoms with Gasteiger partial charge in [0.25, 0.3) is 0 Å². The molecule has 96 valence electrons. The van der Waals surface area contributed by atoms with Crippen LogP contribution in [0.3, 0.4) is 0 Å². The Morgan fingerprint density at radius 2 is 2.00 bits per heavy atom. The van der Waals surface area contributed by atoms with Gasteiger partial charge in [-0.25, -0.2) is 4.99 Å². The largest absolute Gasteiger partial charge is 0.369 e. The third kappa shape index (κ3) is 3.14. The Kier molecular flexibility index (Phi) is 4.56. The van der Waals surface area contributed by atoms with Gasteiger partial charge in [-0.15, -0.1) is 11.3 Å². The van der Waals surface area contributed by atoms with Gasteiger partial charge in [0.05, 0.1) is 14.8 Å². The summed E-state index contributed by atoms with van der Waals surface area (Å²) in [4.78, 5) is 7.33. The van der Waals surface area contributed by atoms with Crippen molar-refractivity contribution in [2.45, 2.75) is 0 Å². The second-order valence-corrected chi connectivity index (χ2v) is 6.19. The predicted octanol–water partition coefficient (Wildman–Crippen LogP) is 4.11. The first-order chi connectivity index (χ1) is 9.13. The molecule has 3 nitrogen and oxygen atoms in total. The minimum absolute atomic E-state index is 0.655. The van der Waals surface area contributed by atoms with Crippen LogP contribution in [0.25, 0.3) is 10.4 Å². The van der Waals surface area contributed by atoms with Crippen LogP contribution in [0.1, 0.15) is 5.56 Å². The number of thiophene rings is 1. The first-order valence-electron chi connectivity index (χ1n) is 5.62. The Labute approximate surface area is 130 Å². The van der Waals surface area contributed by atoms with Gasteiger partial charge in [0.1, 0.15) is 16.6 Å². The highest BCUT2D eigenvalue weighted by atomic mass is 127. The third-order valence-electron chi connectivity index (χ3n) is 2.39. The smallest absolute Gasteiger partial charge is 0.137 e. The average molecular weight is 381 g/mol. The average Bonchev–Trinajstić information content (AvgIpc) is 2.73. The summed E-state index contributed by atoms with van der Waals surface area (Å²) in [6.07, 6.45) is 1.72. The van der Waals surface area contributed by atoms with Crippen molar-refractivity contribution in [2.24, 2.45) is 4.99 Å². The van der Waals surface area contributed by atoms with Crippen LogP contribution >= 0.6 is 33.9 Å². The van der Waals surface area contributed by atoms with E-state index in [0.717, 1.165) is 19.0 Å². The Balaban J connectivity index is 2.51. The van der Waals surface area contributed by atoms with E-state index in [4.69, 9.17) is 0 Å². The Morgan fingerprint density at radius 3 is 2.58 bits per heavy atom. The SMILES string of the molecule is CN(C)C=Nc1sc(-c2ccccc2)c(I)c1C#N. The van der Waals surface area contributed by atoms with Crippen LogP contribution in [0.4, 0.5) is 5.00 Å². The van der Waals surface area contributed by atoms with Crippen molar-refractivity contribution < 1.29 is 0 Å². The Morgan fingerprint density at radius 1 is 1.32 bits per heavy atom. The number of halogens is 1. The highest BCUT2D eigenvalue weighted by molar-refractivity contribution is 14.1. The minimum Gasteiger partial charge on any atom is -0.369 e. The van der Waals surface area contributed by atoms with Gasteiger partial charge in [-0.05, 0) is 28.2 Å². The lowest BCUT2D eigenvalue weighted by Crippen LogP contribution is -2.06. The summed E-state index contributed by atoms with van der Waals surface area (Å²) in [5.41, 5.74) is 1.78. The highest BCUT2D eigenvalue weighted by Gasteiger charge is 2.16. The van der Waals surface area contributed by atoms with Crippen molar-refractivity contribution in [1.82, 2.24) is 4.90 Å². The number of hydrogen-bond donors (Lipinski definition) is 0. The Bertz CT molecular complexity index is 639. The van der Waals surface area contributed by atoms with E-state index in [-0.39, 0.29) is 0 Å². The van der Waals surface area contributed by atoms with Crippen LogP contribution in [-0.2, 0) is 0 Å². The molecule has 0 saturated heterocycles. The van der Waals surface area contributed by atoms with Gasteiger partial charge in [0, 0.05) is 14.1 Å². The lowest BCUT2D eigenvalue weighted by Gasteiger charge is -2.00. The zero-order chi connectivity index (χ0) is 13.8. The molecule has 0 amide bonds. The summed E-state index contributed by atoms with van der Waals surface area (Å²) < 4.78 is 0.974. The van der Waals surface area contributed by atoms with E-state index in [1.165, 1.54) is 0 Å². The highest BCUT2D eigenvalue weighted by Crippen LogP contribution is 2.41. The molecule has 0 N–H and O–H groups in total. The van der Waals surface area contributed by atoms with Gasteiger partial charge in [-0.2, -0.15) is 5.26 Å². The summed E-state index contributed by atoms with van der Waals surface area (Å²) in [5, 5.41) is 10.1. The van der Waals surface area contributed by atoms with Crippen LogP contribution in [0, 0.1) is 14.9 Å². The van der Waals surface area contributed by atoms with Gasteiger partial charge in [-0.1, -0.05) is 30.3 Å². The van der Waals surface area contributed by atoms with E-state index >= 15 is 0 Å². The molecule has 19 heavy (non-hydrogen) atoms. The topological polar surface area (TPSA) is 39.4 Å². The van der Waals surface area contributed by atoms with Gasteiger partial charge in [-0.3, -0.25) is 0 Å². The number of rotatable bonds is 3. The quantitative estimate of drug-likeness (QED) is 0.456. The predicted molar refractivity (Wildman–Crippen MR) is 89.0 cm³/mol. The lowest BCUT2D eigenvalue weighted by molar-refractivity contribution is 0.643. The number of benzene rings is 1. The van der Waals surface area contributed by atoms with Crippen LogP contribution < -0.4 is 0 Å².